The molecule has 1 unspecified atom stereocenters. The van der Waals surface area contributed by atoms with Crippen LogP contribution in [0.1, 0.15) is 16.7 Å². The summed E-state index contributed by atoms with van der Waals surface area (Å²) in [6, 6.07) is 10.7. The third-order valence-electron chi connectivity index (χ3n) is 3.48. The molecule has 2 N–H and O–H groups in total. The molecule has 23 heavy (non-hydrogen) atoms. The van der Waals surface area contributed by atoms with Gasteiger partial charge in [-0.1, -0.05) is 59.1 Å². The van der Waals surface area contributed by atoms with Crippen LogP contribution < -0.4 is 5.73 Å². The van der Waals surface area contributed by atoms with E-state index in [2.05, 4.69) is 4.99 Å². The standard InChI is InChI=1S/C16H11Cl3N2O.ClH/c17-9-6-11(18)14(12(19)7-9)15-10-4-2-1-3-8(10)5-13(22)16(20)21-15;/h1-4,6-7,16H,5,20H2;1H. The highest BCUT2D eigenvalue weighted by atomic mass is 35.5. The lowest BCUT2D eigenvalue weighted by Crippen LogP contribution is -2.29. The molecule has 2 aromatic rings. The highest BCUT2D eigenvalue weighted by Gasteiger charge is 2.25. The fourth-order valence-electron chi connectivity index (χ4n) is 2.45. The molecule has 1 atom stereocenters. The van der Waals surface area contributed by atoms with Gasteiger partial charge in [-0.3, -0.25) is 9.79 Å². The summed E-state index contributed by atoms with van der Waals surface area (Å²) in [7, 11) is 0. The predicted molar refractivity (Wildman–Crippen MR) is 97.5 cm³/mol. The van der Waals surface area contributed by atoms with Crippen molar-refractivity contribution in [3.05, 3.63) is 68.2 Å². The van der Waals surface area contributed by atoms with Gasteiger partial charge in [0.1, 0.15) is 0 Å². The molecule has 3 nitrogen and oxygen atoms in total. The molecule has 0 saturated carbocycles. The largest absolute Gasteiger partial charge is 0.303 e. The third kappa shape index (κ3) is 3.54. The maximum atomic E-state index is 12.1. The van der Waals surface area contributed by atoms with Crippen LogP contribution in [-0.4, -0.2) is 17.7 Å². The Morgan fingerprint density at radius 3 is 2.35 bits per heavy atom. The average molecular weight is 390 g/mol. The minimum Gasteiger partial charge on any atom is -0.303 e. The van der Waals surface area contributed by atoms with Crippen LogP contribution in [0.4, 0.5) is 0 Å². The fraction of sp³-hybridized carbons (Fsp3) is 0.125. The highest BCUT2D eigenvalue weighted by molar-refractivity contribution is 6.43. The smallest absolute Gasteiger partial charge is 0.175 e. The average Bonchev–Trinajstić information content (AvgIpc) is 2.56. The molecule has 0 aliphatic carbocycles. The topological polar surface area (TPSA) is 55.4 Å². The van der Waals surface area contributed by atoms with E-state index in [4.69, 9.17) is 40.5 Å². The molecule has 120 valence electrons. The Labute approximate surface area is 154 Å². The van der Waals surface area contributed by atoms with E-state index < -0.39 is 6.17 Å². The molecule has 0 bridgehead atoms. The summed E-state index contributed by atoms with van der Waals surface area (Å²) in [5.41, 5.74) is 8.56. The number of nitrogens with two attached hydrogens (primary N) is 1. The van der Waals surface area contributed by atoms with Gasteiger partial charge in [-0.05, 0) is 17.7 Å². The third-order valence-corrected chi connectivity index (χ3v) is 4.29. The normalized spacial score (nSPS) is 17.0. The number of hydrogen-bond acceptors (Lipinski definition) is 3. The number of Topliss-reactive ketones (excluding diaryl/α,β-unsaturated/α-hetero) is 1. The Kier molecular flexibility index (Phi) is 5.71. The second-order valence-electron chi connectivity index (χ2n) is 4.97. The molecular weight excluding hydrogens is 378 g/mol. The Balaban J connectivity index is 0.00000192. The molecule has 1 heterocycles. The van der Waals surface area contributed by atoms with Crippen LogP contribution in [-0.2, 0) is 11.2 Å². The van der Waals surface area contributed by atoms with Crippen LogP contribution >= 0.6 is 47.2 Å². The van der Waals surface area contributed by atoms with Crippen molar-refractivity contribution in [2.24, 2.45) is 10.7 Å². The lowest BCUT2D eigenvalue weighted by atomic mass is 9.96. The zero-order valence-electron chi connectivity index (χ0n) is 11.7. The summed E-state index contributed by atoms with van der Waals surface area (Å²) < 4.78 is 0. The number of aliphatic imine (C=N–C) groups is 1. The van der Waals surface area contributed by atoms with Crippen LogP contribution in [0.2, 0.25) is 15.1 Å². The molecule has 7 heteroatoms. The molecule has 0 radical (unpaired) electrons. The van der Waals surface area contributed by atoms with Gasteiger partial charge < -0.3 is 5.73 Å². The SMILES string of the molecule is Cl.NC1N=C(c2c(Cl)cc(Cl)cc2Cl)c2ccccc2CC1=O. The predicted octanol–water partition coefficient (Wildman–Crippen LogP) is 4.32. The maximum absolute atomic E-state index is 12.1. The number of carbonyl (C=O) groups is 1. The van der Waals surface area contributed by atoms with Gasteiger partial charge >= 0.3 is 0 Å². The highest BCUT2D eigenvalue weighted by Crippen LogP contribution is 2.33. The molecule has 0 saturated heterocycles. The maximum Gasteiger partial charge on any atom is 0.175 e. The first-order chi connectivity index (χ1) is 10.5. The van der Waals surface area contributed by atoms with Crippen LogP contribution in [0.25, 0.3) is 0 Å². The quantitative estimate of drug-likeness (QED) is 0.789. The molecule has 0 amide bonds. The van der Waals surface area contributed by atoms with Crippen LogP contribution in [0, 0.1) is 0 Å². The van der Waals surface area contributed by atoms with E-state index in [1.54, 1.807) is 12.1 Å². The van der Waals surface area contributed by atoms with Crippen molar-refractivity contribution in [3.63, 3.8) is 0 Å². The minimum atomic E-state index is -0.940. The number of halogens is 4. The zero-order chi connectivity index (χ0) is 15.9. The lowest BCUT2D eigenvalue weighted by molar-refractivity contribution is -0.119. The van der Waals surface area contributed by atoms with Crippen molar-refractivity contribution in [2.75, 3.05) is 0 Å². The van der Waals surface area contributed by atoms with E-state index in [9.17, 15) is 4.79 Å². The number of benzene rings is 2. The first-order valence-electron chi connectivity index (χ1n) is 6.56. The molecule has 0 aromatic heterocycles. The molecule has 1 aliphatic heterocycles. The van der Waals surface area contributed by atoms with E-state index in [-0.39, 0.29) is 24.6 Å². The van der Waals surface area contributed by atoms with Crippen LogP contribution in [0.15, 0.2) is 41.4 Å². The van der Waals surface area contributed by atoms with Gasteiger partial charge in [0, 0.05) is 22.6 Å². The van der Waals surface area contributed by atoms with Gasteiger partial charge in [-0.25, -0.2) is 0 Å². The molecule has 2 aromatic carbocycles. The fourth-order valence-corrected chi connectivity index (χ4v) is 3.44. The van der Waals surface area contributed by atoms with Crippen molar-refractivity contribution in [1.82, 2.24) is 0 Å². The lowest BCUT2D eigenvalue weighted by Gasteiger charge is -2.13. The van der Waals surface area contributed by atoms with E-state index in [1.165, 1.54) is 0 Å². The number of rotatable bonds is 1. The molecule has 3 rings (SSSR count). The summed E-state index contributed by atoms with van der Waals surface area (Å²) in [6.45, 7) is 0. The van der Waals surface area contributed by atoms with Crippen molar-refractivity contribution < 1.29 is 4.79 Å². The molecule has 1 aliphatic rings. The van der Waals surface area contributed by atoms with Crippen molar-refractivity contribution in [1.29, 1.82) is 0 Å². The van der Waals surface area contributed by atoms with E-state index in [1.807, 2.05) is 24.3 Å². The number of nitrogens with zero attached hydrogens (tertiary/aromatic N) is 1. The Bertz CT molecular complexity index is 781. The second-order valence-corrected chi connectivity index (χ2v) is 6.22. The summed E-state index contributed by atoms with van der Waals surface area (Å²) in [5, 5.41) is 1.17. The minimum absolute atomic E-state index is 0. The first-order valence-corrected chi connectivity index (χ1v) is 7.70. The van der Waals surface area contributed by atoms with E-state index in [0.29, 0.717) is 26.3 Å². The van der Waals surface area contributed by atoms with Gasteiger partial charge in [0.25, 0.3) is 0 Å². The molecule has 0 fully saturated rings. The number of carbonyl (C=O) groups excluding carboxylic acids is 1. The summed E-state index contributed by atoms with van der Waals surface area (Å²) in [4.78, 5) is 16.4. The molecule has 0 spiro atoms. The monoisotopic (exact) mass is 388 g/mol. The molecular formula is C16H12Cl4N2O. The number of hydrogen-bond donors (Lipinski definition) is 1. The van der Waals surface area contributed by atoms with Gasteiger partial charge in [0.2, 0.25) is 0 Å². The van der Waals surface area contributed by atoms with Gasteiger partial charge in [-0.2, -0.15) is 0 Å². The van der Waals surface area contributed by atoms with E-state index in [0.717, 1.165) is 11.1 Å². The van der Waals surface area contributed by atoms with Gasteiger partial charge in [0.15, 0.2) is 11.9 Å². The second kappa shape index (κ2) is 7.20. The Morgan fingerprint density at radius 1 is 1.09 bits per heavy atom. The first kappa shape index (κ1) is 18.2. The summed E-state index contributed by atoms with van der Waals surface area (Å²) in [6.07, 6.45) is -0.710. The van der Waals surface area contributed by atoms with E-state index >= 15 is 0 Å². The summed E-state index contributed by atoms with van der Waals surface area (Å²) in [5.74, 6) is -0.149. The van der Waals surface area contributed by atoms with Crippen molar-refractivity contribution in [3.8, 4) is 0 Å². The summed E-state index contributed by atoms with van der Waals surface area (Å²) >= 11 is 18.6. The Hall–Kier alpha value is -1.10. The van der Waals surface area contributed by atoms with Gasteiger partial charge in [-0.15, -0.1) is 12.4 Å². The van der Waals surface area contributed by atoms with Crippen molar-refractivity contribution >= 4 is 58.7 Å². The number of fused-ring (bicyclic) bond motifs is 1. The van der Waals surface area contributed by atoms with Crippen LogP contribution in [0.5, 0.6) is 0 Å². The Morgan fingerprint density at radius 2 is 1.70 bits per heavy atom. The van der Waals surface area contributed by atoms with Gasteiger partial charge in [0.05, 0.1) is 15.8 Å². The zero-order valence-corrected chi connectivity index (χ0v) is 14.8. The number of ketones is 1. The van der Waals surface area contributed by atoms with Crippen LogP contribution in [0.3, 0.4) is 0 Å². The van der Waals surface area contributed by atoms with Crippen molar-refractivity contribution in [2.45, 2.75) is 12.6 Å².